The van der Waals surface area contributed by atoms with E-state index >= 15 is 0 Å². The summed E-state index contributed by atoms with van der Waals surface area (Å²) in [6.07, 6.45) is 0.740. The average Bonchev–Trinajstić information content (AvgIpc) is 3.39. The first-order chi connectivity index (χ1) is 26.6. The number of carbonyl (C=O) groups excluding carboxylic acids is 3. The Morgan fingerprint density at radius 2 is 1.45 bits per heavy atom. The number of benzene rings is 3. The highest BCUT2D eigenvalue weighted by Crippen LogP contribution is 2.51. The van der Waals surface area contributed by atoms with Gasteiger partial charge in [-0.25, -0.2) is 0 Å². The van der Waals surface area contributed by atoms with Crippen LogP contribution in [0.4, 0.5) is 0 Å². The van der Waals surface area contributed by atoms with Crippen LogP contribution in [0.1, 0.15) is 41.6 Å². The van der Waals surface area contributed by atoms with Crippen molar-refractivity contribution in [1.29, 1.82) is 0 Å². The van der Waals surface area contributed by atoms with Crippen molar-refractivity contribution in [3.8, 4) is 51.2 Å². The van der Waals surface area contributed by atoms with Crippen molar-refractivity contribution in [3.63, 3.8) is 0 Å². The van der Waals surface area contributed by atoms with Crippen molar-refractivity contribution >= 4 is 28.7 Å². The van der Waals surface area contributed by atoms with E-state index in [4.69, 9.17) is 28.1 Å². The normalized spacial score (nSPS) is 13.1. The number of hydrogen-bond donors (Lipinski definition) is 3. The van der Waals surface area contributed by atoms with Crippen molar-refractivity contribution in [1.82, 2.24) is 16.0 Å². The zero-order valence-corrected chi connectivity index (χ0v) is 31.5. The molecular formula is C42H43N3O10. The van der Waals surface area contributed by atoms with E-state index in [9.17, 15) is 19.2 Å². The van der Waals surface area contributed by atoms with Gasteiger partial charge in [-0.2, -0.15) is 0 Å². The lowest BCUT2D eigenvalue weighted by molar-refractivity contribution is -0.125. The smallest absolute Gasteiger partial charge is 0.239 e. The quantitative estimate of drug-likeness (QED) is 0.145. The van der Waals surface area contributed by atoms with Gasteiger partial charge in [0.15, 0.2) is 17.1 Å². The van der Waals surface area contributed by atoms with Crippen LogP contribution in [0.3, 0.4) is 0 Å². The second-order valence-corrected chi connectivity index (χ2v) is 13.0. The molecule has 1 heterocycles. The summed E-state index contributed by atoms with van der Waals surface area (Å²) in [5.74, 6) is 1.70. The molecule has 55 heavy (non-hydrogen) atoms. The maximum Gasteiger partial charge on any atom is 0.239 e. The Morgan fingerprint density at radius 1 is 0.782 bits per heavy atom. The van der Waals surface area contributed by atoms with E-state index < -0.39 is 17.4 Å². The number of hydrogen-bond acceptors (Lipinski definition) is 10. The van der Waals surface area contributed by atoms with Gasteiger partial charge in [0.25, 0.3) is 0 Å². The number of nitrogens with one attached hydrogen (secondary N) is 3. The number of aryl methyl sites for hydroxylation is 1. The largest absolute Gasteiger partial charge is 0.497 e. The third kappa shape index (κ3) is 8.05. The number of methoxy groups -OCH3 is 5. The third-order valence-corrected chi connectivity index (χ3v) is 9.58. The molecule has 286 valence electrons. The van der Waals surface area contributed by atoms with Crippen molar-refractivity contribution in [2.24, 2.45) is 0 Å². The van der Waals surface area contributed by atoms with Gasteiger partial charge >= 0.3 is 0 Å². The molecule has 13 nitrogen and oxygen atoms in total. The SMILES string of the molecule is COc1ccc(CNC(=O)CNC(=O)Cc2c(-c3ccc(OC)cc3)oc3c(=O)cc4c(cc23)-c2c(cc(OC)c(OC)c2OC)CC[C@@H]4NC(C)=O)cc1. The summed E-state index contributed by atoms with van der Waals surface area (Å²) in [5, 5.41) is 8.91. The summed E-state index contributed by atoms with van der Waals surface area (Å²) < 4.78 is 34.3. The summed E-state index contributed by atoms with van der Waals surface area (Å²) in [7, 11) is 7.70. The highest BCUT2D eigenvalue weighted by molar-refractivity contribution is 5.97. The minimum Gasteiger partial charge on any atom is -0.497 e. The molecule has 5 aromatic rings. The van der Waals surface area contributed by atoms with E-state index in [1.807, 2.05) is 18.2 Å². The Bertz CT molecular complexity index is 2300. The zero-order valence-electron chi connectivity index (χ0n) is 31.5. The molecule has 3 N–H and O–H groups in total. The predicted octanol–water partition coefficient (Wildman–Crippen LogP) is 5.27. The second kappa shape index (κ2) is 16.7. The zero-order chi connectivity index (χ0) is 39.2. The number of rotatable bonds is 13. The standard InChI is InChI=1S/C42H43N3O10/c1-23(46)45-33-16-11-26-17-35(52-4)41(53-5)42(54-6)38(26)30-18-31-32(20-36(48)44-22-37(49)43-21-24-7-12-27(50-2)13-8-24)39(25-9-14-28(51-3)15-10-25)55-40(31)34(47)19-29(30)33/h7-10,12-15,17-19,33H,11,16,20-22H2,1-6H3,(H,43,49)(H,44,48)(H,45,46)/t33-/m0/s1. The maximum absolute atomic E-state index is 14.2. The minimum absolute atomic E-state index is 0.0153. The molecule has 0 radical (unpaired) electrons. The highest BCUT2D eigenvalue weighted by atomic mass is 16.5. The third-order valence-electron chi connectivity index (χ3n) is 9.58. The highest BCUT2D eigenvalue weighted by Gasteiger charge is 2.31. The summed E-state index contributed by atoms with van der Waals surface area (Å²) in [6, 6.07) is 18.9. The lowest BCUT2D eigenvalue weighted by Gasteiger charge is -2.20. The van der Waals surface area contributed by atoms with Crippen molar-refractivity contribution in [3.05, 3.63) is 99.2 Å². The van der Waals surface area contributed by atoms with Crippen molar-refractivity contribution in [2.45, 2.75) is 38.8 Å². The van der Waals surface area contributed by atoms with Crippen LogP contribution in [0.5, 0.6) is 28.7 Å². The second-order valence-electron chi connectivity index (χ2n) is 13.0. The molecule has 0 bridgehead atoms. The maximum atomic E-state index is 14.2. The predicted molar refractivity (Wildman–Crippen MR) is 206 cm³/mol. The molecule has 0 fully saturated rings. The fraction of sp³-hybridized carbons (Fsp3) is 0.286. The Balaban J connectivity index is 1.47. The van der Waals surface area contributed by atoms with Crippen LogP contribution in [-0.4, -0.2) is 59.8 Å². The van der Waals surface area contributed by atoms with Crippen LogP contribution in [0.25, 0.3) is 33.4 Å². The Kier molecular flexibility index (Phi) is 11.6. The molecular weight excluding hydrogens is 706 g/mol. The Hall–Kier alpha value is -6.50. The monoisotopic (exact) mass is 749 g/mol. The molecule has 13 heteroatoms. The summed E-state index contributed by atoms with van der Waals surface area (Å²) in [4.78, 5) is 53.2. The van der Waals surface area contributed by atoms with Crippen LogP contribution in [0.2, 0.25) is 0 Å². The molecule has 1 aliphatic rings. The fourth-order valence-electron chi connectivity index (χ4n) is 6.94. The number of amides is 3. The van der Waals surface area contributed by atoms with Crippen molar-refractivity contribution < 1.29 is 42.5 Å². The van der Waals surface area contributed by atoms with E-state index in [1.54, 1.807) is 56.7 Å². The van der Waals surface area contributed by atoms with Gasteiger partial charge < -0.3 is 44.1 Å². The van der Waals surface area contributed by atoms with Gasteiger partial charge in [0.2, 0.25) is 28.9 Å². The molecule has 0 unspecified atom stereocenters. The summed E-state index contributed by atoms with van der Waals surface area (Å²) in [5.41, 5.74) is 4.08. The first kappa shape index (κ1) is 38.2. The minimum atomic E-state index is -0.546. The molecule has 1 aromatic heterocycles. The topological polar surface area (TPSA) is 164 Å². The molecule has 0 saturated carbocycles. The van der Waals surface area contributed by atoms with Gasteiger partial charge in [-0.05, 0) is 89.7 Å². The number of carbonyl (C=O) groups is 3. The average molecular weight is 750 g/mol. The molecule has 0 saturated heterocycles. The van der Waals surface area contributed by atoms with Crippen LogP contribution < -0.4 is 45.1 Å². The van der Waals surface area contributed by atoms with E-state index in [0.717, 1.165) is 11.1 Å². The molecule has 3 amide bonds. The summed E-state index contributed by atoms with van der Waals surface area (Å²) >= 11 is 0. The van der Waals surface area contributed by atoms with Crippen molar-refractivity contribution in [2.75, 3.05) is 42.1 Å². The van der Waals surface area contributed by atoms with Gasteiger partial charge in [-0.3, -0.25) is 19.2 Å². The van der Waals surface area contributed by atoms with Crippen LogP contribution in [-0.2, 0) is 33.8 Å². The van der Waals surface area contributed by atoms with E-state index in [1.165, 1.54) is 34.3 Å². The molecule has 0 aliphatic heterocycles. The van der Waals surface area contributed by atoms with Crippen LogP contribution in [0.15, 0.2) is 75.9 Å². The summed E-state index contributed by atoms with van der Waals surface area (Å²) in [6.45, 7) is 1.42. The lowest BCUT2D eigenvalue weighted by atomic mass is 9.94. The number of fused-ring (bicyclic) bond motifs is 4. The number of furan rings is 1. The van der Waals surface area contributed by atoms with Gasteiger partial charge in [0, 0.05) is 35.5 Å². The van der Waals surface area contributed by atoms with Gasteiger partial charge in [-0.1, -0.05) is 12.1 Å². The van der Waals surface area contributed by atoms with Crippen LogP contribution >= 0.6 is 0 Å². The Morgan fingerprint density at radius 3 is 2.07 bits per heavy atom. The molecule has 1 atom stereocenters. The van der Waals surface area contributed by atoms with Gasteiger partial charge in [-0.15, -0.1) is 0 Å². The van der Waals surface area contributed by atoms with E-state index in [0.29, 0.717) is 80.6 Å². The first-order valence-corrected chi connectivity index (χ1v) is 17.6. The van der Waals surface area contributed by atoms with E-state index in [-0.39, 0.29) is 36.9 Å². The first-order valence-electron chi connectivity index (χ1n) is 17.6. The lowest BCUT2D eigenvalue weighted by Crippen LogP contribution is -2.37. The Labute approximate surface area is 317 Å². The molecule has 4 aromatic carbocycles. The molecule has 1 aliphatic carbocycles. The molecule has 0 spiro atoms. The molecule has 6 rings (SSSR count). The van der Waals surface area contributed by atoms with Gasteiger partial charge in [0.05, 0.1) is 54.6 Å². The fourth-order valence-corrected chi connectivity index (χ4v) is 6.94. The van der Waals surface area contributed by atoms with Gasteiger partial charge in [0.1, 0.15) is 17.3 Å². The van der Waals surface area contributed by atoms with Crippen LogP contribution in [0, 0.1) is 0 Å². The number of ether oxygens (including phenoxy) is 5. The van der Waals surface area contributed by atoms with E-state index in [2.05, 4.69) is 16.0 Å².